The molecule has 4 heterocycles. The highest BCUT2D eigenvalue weighted by molar-refractivity contribution is 5.85. The van der Waals surface area contributed by atoms with E-state index in [1.54, 1.807) is 13.3 Å². The summed E-state index contributed by atoms with van der Waals surface area (Å²) in [4.78, 5) is 6.86. The third-order valence-electron chi connectivity index (χ3n) is 5.82. The Morgan fingerprint density at radius 2 is 2.15 bits per heavy atom. The zero-order valence-corrected chi connectivity index (χ0v) is 16.5. The number of aromatic nitrogens is 1. The average molecular weight is 397 g/mol. The molecular formula is C20H26Cl2N2O2. The van der Waals surface area contributed by atoms with Crippen LogP contribution in [0.4, 0.5) is 0 Å². The number of ether oxygens (including phenoxy) is 1. The van der Waals surface area contributed by atoms with Gasteiger partial charge in [-0.1, -0.05) is 6.08 Å². The second-order valence-electron chi connectivity index (χ2n) is 6.97. The van der Waals surface area contributed by atoms with Gasteiger partial charge in [0, 0.05) is 24.2 Å². The van der Waals surface area contributed by atoms with Crippen molar-refractivity contribution in [3.8, 4) is 5.75 Å². The molecule has 142 valence electrons. The van der Waals surface area contributed by atoms with E-state index in [0.717, 1.165) is 41.7 Å². The van der Waals surface area contributed by atoms with Crippen LogP contribution in [0.3, 0.4) is 0 Å². The second kappa shape index (κ2) is 8.57. The van der Waals surface area contributed by atoms with Gasteiger partial charge in [0.25, 0.3) is 0 Å². The van der Waals surface area contributed by atoms with Gasteiger partial charge in [-0.05, 0) is 61.1 Å². The van der Waals surface area contributed by atoms with Crippen molar-refractivity contribution < 1.29 is 9.84 Å². The van der Waals surface area contributed by atoms with Gasteiger partial charge in [-0.15, -0.1) is 31.4 Å². The van der Waals surface area contributed by atoms with Crippen molar-refractivity contribution in [3.63, 3.8) is 0 Å². The van der Waals surface area contributed by atoms with Gasteiger partial charge in [0.05, 0.1) is 18.7 Å². The molecule has 3 aliphatic rings. The fourth-order valence-electron chi connectivity index (χ4n) is 4.44. The van der Waals surface area contributed by atoms with Crippen molar-refractivity contribution in [2.75, 3.05) is 20.2 Å². The SMILES string of the molecule is C=CC1CN2CCC1CC2[C@H](O)c1ccnc2ccc(OC)cc12.Cl.Cl. The van der Waals surface area contributed by atoms with Crippen molar-refractivity contribution in [2.45, 2.75) is 25.0 Å². The van der Waals surface area contributed by atoms with Gasteiger partial charge in [-0.25, -0.2) is 0 Å². The van der Waals surface area contributed by atoms with E-state index in [0.29, 0.717) is 11.8 Å². The highest BCUT2D eigenvalue weighted by Gasteiger charge is 2.42. The van der Waals surface area contributed by atoms with Gasteiger partial charge in [0.15, 0.2) is 0 Å². The fourth-order valence-corrected chi connectivity index (χ4v) is 4.44. The molecule has 0 saturated carbocycles. The lowest BCUT2D eigenvalue weighted by Gasteiger charge is -2.50. The van der Waals surface area contributed by atoms with Crippen molar-refractivity contribution in [2.24, 2.45) is 11.8 Å². The molecule has 0 amide bonds. The summed E-state index contributed by atoms with van der Waals surface area (Å²) in [5, 5.41) is 12.1. The highest BCUT2D eigenvalue weighted by Crippen LogP contribution is 2.42. The van der Waals surface area contributed by atoms with E-state index >= 15 is 0 Å². The maximum absolute atomic E-state index is 11.2. The van der Waals surface area contributed by atoms with Crippen LogP contribution in [-0.2, 0) is 0 Å². The van der Waals surface area contributed by atoms with Gasteiger partial charge in [0.1, 0.15) is 5.75 Å². The molecule has 2 bridgehead atoms. The van der Waals surface area contributed by atoms with E-state index < -0.39 is 6.10 Å². The normalized spacial score (nSPS) is 27.9. The largest absolute Gasteiger partial charge is 0.497 e. The lowest BCUT2D eigenvalue weighted by Crippen LogP contribution is -2.54. The highest BCUT2D eigenvalue weighted by atomic mass is 35.5. The quantitative estimate of drug-likeness (QED) is 0.792. The molecule has 5 rings (SSSR count). The zero-order valence-electron chi connectivity index (χ0n) is 14.9. The Hall–Kier alpha value is -1.33. The molecule has 0 radical (unpaired) electrons. The van der Waals surface area contributed by atoms with Crippen LogP contribution in [0.1, 0.15) is 24.5 Å². The first-order valence-electron chi connectivity index (χ1n) is 8.68. The lowest BCUT2D eigenvalue weighted by atomic mass is 9.73. The number of aliphatic hydroxyl groups is 1. The summed E-state index contributed by atoms with van der Waals surface area (Å²) >= 11 is 0. The van der Waals surface area contributed by atoms with Crippen molar-refractivity contribution in [1.82, 2.24) is 9.88 Å². The number of nitrogens with zero attached hydrogens (tertiary/aromatic N) is 2. The minimum absolute atomic E-state index is 0. The first-order chi connectivity index (χ1) is 11.7. The van der Waals surface area contributed by atoms with E-state index in [4.69, 9.17) is 4.74 Å². The summed E-state index contributed by atoms with van der Waals surface area (Å²) in [6.45, 7) is 6.07. The van der Waals surface area contributed by atoms with Crippen LogP contribution in [0.2, 0.25) is 0 Å². The molecule has 1 aromatic heterocycles. The first kappa shape index (κ1) is 21.0. The van der Waals surface area contributed by atoms with Crippen molar-refractivity contribution >= 4 is 35.7 Å². The summed E-state index contributed by atoms with van der Waals surface area (Å²) in [5.74, 6) is 2.01. The van der Waals surface area contributed by atoms with Crippen LogP contribution < -0.4 is 4.74 Å². The van der Waals surface area contributed by atoms with Gasteiger partial charge < -0.3 is 9.84 Å². The van der Waals surface area contributed by atoms with Gasteiger partial charge in [-0.3, -0.25) is 9.88 Å². The second-order valence-corrected chi connectivity index (χ2v) is 6.97. The van der Waals surface area contributed by atoms with Crippen LogP contribution >= 0.6 is 24.8 Å². The Kier molecular flexibility index (Phi) is 6.92. The molecule has 26 heavy (non-hydrogen) atoms. The van der Waals surface area contributed by atoms with Crippen LogP contribution in [0, 0.1) is 11.8 Å². The van der Waals surface area contributed by atoms with E-state index in [2.05, 4.69) is 22.5 Å². The molecule has 6 heteroatoms. The minimum atomic E-state index is -0.504. The molecule has 4 nitrogen and oxygen atoms in total. The minimum Gasteiger partial charge on any atom is -0.497 e. The van der Waals surface area contributed by atoms with E-state index in [1.165, 1.54) is 6.42 Å². The number of piperidine rings is 3. The smallest absolute Gasteiger partial charge is 0.119 e. The van der Waals surface area contributed by atoms with Crippen LogP contribution in [0.5, 0.6) is 5.75 Å². The van der Waals surface area contributed by atoms with E-state index in [9.17, 15) is 5.11 Å². The number of hydrogen-bond donors (Lipinski definition) is 1. The van der Waals surface area contributed by atoms with Crippen molar-refractivity contribution in [1.29, 1.82) is 0 Å². The number of hydrogen-bond acceptors (Lipinski definition) is 4. The first-order valence-corrected chi connectivity index (χ1v) is 8.68. The molecule has 4 unspecified atom stereocenters. The molecule has 5 atom stereocenters. The monoisotopic (exact) mass is 396 g/mol. The Labute approximate surface area is 167 Å². The molecule has 0 spiro atoms. The Bertz CT molecular complexity index is 771. The number of aliphatic hydroxyl groups excluding tert-OH is 1. The summed E-state index contributed by atoms with van der Waals surface area (Å²) in [5.41, 5.74) is 1.85. The Morgan fingerprint density at radius 3 is 2.81 bits per heavy atom. The number of pyridine rings is 1. The molecule has 1 aromatic carbocycles. The van der Waals surface area contributed by atoms with Crippen LogP contribution in [0.15, 0.2) is 43.1 Å². The molecular weight excluding hydrogens is 371 g/mol. The van der Waals surface area contributed by atoms with Gasteiger partial charge in [0.2, 0.25) is 0 Å². The predicted octanol–water partition coefficient (Wildman–Crippen LogP) is 4.02. The van der Waals surface area contributed by atoms with Crippen molar-refractivity contribution in [3.05, 3.63) is 48.7 Å². The van der Waals surface area contributed by atoms with Crippen LogP contribution in [0.25, 0.3) is 10.9 Å². The summed E-state index contributed by atoms with van der Waals surface area (Å²) in [6, 6.07) is 7.96. The number of halogens is 2. The van der Waals surface area contributed by atoms with Gasteiger partial charge in [-0.2, -0.15) is 0 Å². The third-order valence-corrected chi connectivity index (χ3v) is 5.82. The molecule has 3 aliphatic heterocycles. The third kappa shape index (κ3) is 3.56. The zero-order chi connectivity index (χ0) is 16.7. The molecule has 0 aliphatic carbocycles. The summed E-state index contributed by atoms with van der Waals surface area (Å²) in [6.07, 6.45) is 5.62. The number of methoxy groups -OCH3 is 1. The number of fused-ring (bicyclic) bond motifs is 4. The van der Waals surface area contributed by atoms with Gasteiger partial charge >= 0.3 is 0 Å². The standard InChI is InChI=1S/C20H24N2O2.2ClH/c1-3-13-12-22-9-7-14(13)10-19(22)20(23)16-6-8-21-18-5-4-15(24-2)11-17(16)18;;/h3-6,8,11,13-14,19-20,23H,1,7,9-10,12H2,2H3;2*1H/t13?,14?,19?,20-;;/m1../s1. The Balaban J connectivity index is 0.00000121. The summed E-state index contributed by atoms with van der Waals surface area (Å²) in [7, 11) is 1.66. The van der Waals surface area contributed by atoms with E-state index in [-0.39, 0.29) is 30.9 Å². The molecule has 2 aromatic rings. The summed E-state index contributed by atoms with van der Waals surface area (Å²) < 4.78 is 5.35. The number of benzene rings is 1. The van der Waals surface area contributed by atoms with Crippen LogP contribution in [-0.4, -0.2) is 41.2 Å². The Morgan fingerprint density at radius 1 is 1.35 bits per heavy atom. The average Bonchev–Trinajstić information content (AvgIpc) is 2.66. The molecule has 1 N–H and O–H groups in total. The fraction of sp³-hybridized carbons (Fsp3) is 0.450. The van der Waals surface area contributed by atoms with E-state index in [1.807, 2.05) is 24.3 Å². The topological polar surface area (TPSA) is 45.6 Å². The molecule has 3 fully saturated rings. The number of rotatable bonds is 4. The lowest BCUT2D eigenvalue weighted by molar-refractivity contribution is -0.0444. The maximum Gasteiger partial charge on any atom is 0.119 e. The maximum atomic E-state index is 11.2. The molecule has 3 saturated heterocycles. The predicted molar refractivity (Wildman–Crippen MR) is 110 cm³/mol.